The van der Waals surface area contributed by atoms with Crippen LogP contribution in [0.2, 0.25) is 0 Å². The number of H-pyrrole nitrogens is 1. The van der Waals surface area contributed by atoms with Crippen molar-refractivity contribution >= 4 is 23.3 Å². The van der Waals surface area contributed by atoms with E-state index in [0.717, 1.165) is 18.9 Å². The van der Waals surface area contributed by atoms with Crippen LogP contribution in [0.5, 0.6) is 0 Å². The second-order valence-electron chi connectivity index (χ2n) is 4.81. The molecule has 1 fully saturated rings. The summed E-state index contributed by atoms with van der Waals surface area (Å²) in [7, 11) is 0. The normalized spacial score (nSPS) is 23.9. The lowest BCUT2D eigenvalue weighted by atomic mass is 9.81. The van der Waals surface area contributed by atoms with Gasteiger partial charge < -0.3 is 9.55 Å². The Kier molecular flexibility index (Phi) is 2.33. The number of imidazole rings is 1. The summed E-state index contributed by atoms with van der Waals surface area (Å²) < 4.78 is 29.1. The van der Waals surface area contributed by atoms with Gasteiger partial charge in [-0.3, -0.25) is 0 Å². The van der Waals surface area contributed by atoms with Crippen LogP contribution in [0.15, 0.2) is 12.1 Å². The molecule has 1 aromatic carbocycles. The minimum Gasteiger partial charge on any atom is -0.328 e. The first-order chi connectivity index (χ1) is 8.06. The first-order valence-corrected chi connectivity index (χ1v) is 6.06. The summed E-state index contributed by atoms with van der Waals surface area (Å²) in [6.07, 6.45) is 2.03. The van der Waals surface area contributed by atoms with Crippen molar-refractivity contribution in [3.8, 4) is 0 Å². The average molecular weight is 254 g/mol. The Bertz CT molecular complexity index is 638. The fourth-order valence-electron chi connectivity index (χ4n) is 2.58. The van der Waals surface area contributed by atoms with Crippen molar-refractivity contribution in [2.24, 2.45) is 5.92 Å². The predicted octanol–water partition coefficient (Wildman–Crippen LogP) is 3.95. The summed E-state index contributed by atoms with van der Waals surface area (Å²) >= 11 is 5.19. The average Bonchev–Trinajstić information content (AvgIpc) is 2.51. The van der Waals surface area contributed by atoms with Crippen LogP contribution in [0.4, 0.5) is 8.78 Å². The number of halogens is 2. The Morgan fingerprint density at radius 1 is 1.35 bits per heavy atom. The smallest absolute Gasteiger partial charge is 0.178 e. The van der Waals surface area contributed by atoms with E-state index in [4.69, 9.17) is 12.2 Å². The zero-order valence-electron chi connectivity index (χ0n) is 9.34. The van der Waals surface area contributed by atoms with Crippen molar-refractivity contribution in [2.45, 2.75) is 25.8 Å². The maximum absolute atomic E-state index is 13.6. The fraction of sp³-hybridized carbons (Fsp3) is 0.417. The zero-order valence-corrected chi connectivity index (χ0v) is 10.2. The van der Waals surface area contributed by atoms with E-state index in [1.54, 1.807) is 0 Å². The molecule has 1 saturated carbocycles. The molecule has 0 saturated heterocycles. The van der Waals surface area contributed by atoms with E-state index in [1.807, 2.05) is 4.57 Å². The molecule has 0 bridgehead atoms. The van der Waals surface area contributed by atoms with Crippen molar-refractivity contribution in [2.75, 3.05) is 0 Å². The molecule has 0 aliphatic heterocycles. The van der Waals surface area contributed by atoms with Crippen molar-refractivity contribution in [3.63, 3.8) is 0 Å². The highest BCUT2D eigenvalue weighted by atomic mass is 32.1. The van der Waals surface area contributed by atoms with Gasteiger partial charge in [0.05, 0.1) is 5.52 Å². The van der Waals surface area contributed by atoms with Gasteiger partial charge in [-0.25, -0.2) is 8.78 Å². The van der Waals surface area contributed by atoms with Gasteiger partial charge in [0.2, 0.25) is 0 Å². The van der Waals surface area contributed by atoms with Crippen LogP contribution < -0.4 is 0 Å². The van der Waals surface area contributed by atoms with Gasteiger partial charge in [0.1, 0.15) is 11.3 Å². The lowest BCUT2D eigenvalue weighted by Crippen LogP contribution is -2.24. The third kappa shape index (κ3) is 1.60. The third-order valence-corrected chi connectivity index (χ3v) is 3.76. The Morgan fingerprint density at radius 2 is 2.06 bits per heavy atom. The number of nitrogens with zero attached hydrogens (tertiary/aromatic N) is 1. The molecule has 2 aromatic rings. The number of hydrogen-bond acceptors (Lipinski definition) is 1. The molecule has 0 amide bonds. The standard InChI is InChI=1S/C12H12F2N2S/c1-6-2-8(3-6)16-10-5-7(13)4-9(14)11(10)15-12(16)17/h4-6,8H,2-3H2,1H3,(H,15,17). The number of hydrogen-bond donors (Lipinski definition) is 1. The number of rotatable bonds is 1. The van der Waals surface area contributed by atoms with Gasteiger partial charge in [0.15, 0.2) is 10.6 Å². The molecule has 2 nitrogen and oxygen atoms in total. The minimum absolute atomic E-state index is 0.271. The van der Waals surface area contributed by atoms with Gasteiger partial charge in [-0.2, -0.15) is 0 Å². The highest BCUT2D eigenvalue weighted by Crippen LogP contribution is 2.39. The highest BCUT2D eigenvalue weighted by molar-refractivity contribution is 7.71. The summed E-state index contributed by atoms with van der Waals surface area (Å²) in [6.45, 7) is 2.16. The van der Waals surface area contributed by atoms with Gasteiger partial charge >= 0.3 is 0 Å². The lowest BCUT2D eigenvalue weighted by molar-refractivity contribution is 0.219. The first-order valence-electron chi connectivity index (χ1n) is 5.65. The molecule has 0 spiro atoms. The summed E-state index contributed by atoms with van der Waals surface area (Å²) in [5.74, 6) is -0.493. The van der Waals surface area contributed by atoms with E-state index in [-0.39, 0.29) is 6.04 Å². The summed E-state index contributed by atoms with van der Waals surface area (Å²) in [5.41, 5.74) is 0.834. The van der Waals surface area contributed by atoms with Gasteiger partial charge in [0.25, 0.3) is 0 Å². The monoisotopic (exact) mass is 254 g/mol. The van der Waals surface area contributed by atoms with E-state index in [2.05, 4.69) is 11.9 Å². The molecule has 1 aliphatic carbocycles. The molecule has 0 unspecified atom stereocenters. The van der Waals surface area contributed by atoms with Crippen LogP contribution in [-0.2, 0) is 0 Å². The van der Waals surface area contributed by atoms with Gasteiger partial charge in [-0.05, 0) is 37.0 Å². The molecular weight excluding hydrogens is 242 g/mol. The van der Waals surface area contributed by atoms with E-state index in [9.17, 15) is 8.78 Å². The van der Waals surface area contributed by atoms with Gasteiger partial charge in [-0.15, -0.1) is 0 Å². The minimum atomic E-state index is -0.586. The highest BCUT2D eigenvalue weighted by Gasteiger charge is 2.29. The maximum atomic E-state index is 13.6. The van der Waals surface area contributed by atoms with Crippen molar-refractivity contribution in [1.82, 2.24) is 9.55 Å². The van der Waals surface area contributed by atoms with E-state index in [0.29, 0.717) is 21.7 Å². The number of aromatic amines is 1. The Labute approximate surface area is 102 Å². The molecule has 3 rings (SSSR count). The fourth-order valence-corrected chi connectivity index (χ4v) is 2.93. The van der Waals surface area contributed by atoms with E-state index < -0.39 is 11.6 Å². The van der Waals surface area contributed by atoms with Crippen LogP contribution in [0.25, 0.3) is 11.0 Å². The molecular formula is C12H12F2N2S. The number of benzene rings is 1. The van der Waals surface area contributed by atoms with Crippen molar-refractivity contribution in [1.29, 1.82) is 0 Å². The van der Waals surface area contributed by atoms with Crippen LogP contribution in [-0.4, -0.2) is 9.55 Å². The SMILES string of the molecule is CC1CC(n2c(=S)[nH]c3c(F)cc(F)cc32)C1. The second-order valence-corrected chi connectivity index (χ2v) is 5.20. The van der Waals surface area contributed by atoms with Crippen molar-refractivity contribution < 1.29 is 8.78 Å². The molecule has 0 atom stereocenters. The molecule has 1 N–H and O–H groups in total. The number of nitrogens with one attached hydrogen (secondary N) is 1. The van der Waals surface area contributed by atoms with Crippen LogP contribution in [0.1, 0.15) is 25.8 Å². The summed E-state index contributed by atoms with van der Waals surface area (Å²) in [4.78, 5) is 2.82. The summed E-state index contributed by atoms with van der Waals surface area (Å²) in [5, 5.41) is 0. The molecule has 5 heteroatoms. The topological polar surface area (TPSA) is 20.7 Å². The second kappa shape index (κ2) is 3.63. The Hall–Kier alpha value is -1.23. The Balaban J connectivity index is 2.23. The van der Waals surface area contributed by atoms with Crippen molar-refractivity contribution in [3.05, 3.63) is 28.5 Å². The molecule has 17 heavy (non-hydrogen) atoms. The van der Waals surface area contributed by atoms with Crippen LogP contribution >= 0.6 is 12.2 Å². The number of aromatic nitrogens is 2. The molecule has 90 valence electrons. The molecule has 1 heterocycles. The molecule has 1 aromatic heterocycles. The molecule has 0 radical (unpaired) electrons. The predicted molar refractivity (Wildman–Crippen MR) is 64.5 cm³/mol. The van der Waals surface area contributed by atoms with Gasteiger partial charge in [-0.1, -0.05) is 6.92 Å². The largest absolute Gasteiger partial charge is 0.328 e. The Morgan fingerprint density at radius 3 is 2.71 bits per heavy atom. The van der Waals surface area contributed by atoms with Crippen LogP contribution in [0.3, 0.4) is 0 Å². The van der Waals surface area contributed by atoms with Gasteiger partial charge in [0, 0.05) is 12.1 Å². The quantitative estimate of drug-likeness (QED) is 0.764. The first kappa shape index (κ1) is 10.9. The van der Waals surface area contributed by atoms with Crippen LogP contribution in [0, 0.1) is 22.3 Å². The number of fused-ring (bicyclic) bond motifs is 1. The third-order valence-electron chi connectivity index (χ3n) is 3.46. The zero-order chi connectivity index (χ0) is 12.2. The van der Waals surface area contributed by atoms with E-state index in [1.165, 1.54) is 6.07 Å². The van der Waals surface area contributed by atoms with E-state index >= 15 is 0 Å². The summed E-state index contributed by atoms with van der Waals surface area (Å²) in [6, 6.07) is 2.49. The lowest BCUT2D eigenvalue weighted by Gasteiger charge is -2.34. The maximum Gasteiger partial charge on any atom is 0.178 e. The molecule has 1 aliphatic rings.